The summed E-state index contributed by atoms with van der Waals surface area (Å²) in [7, 11) is 1.79. The van der Waals surface area contributed by atoms with Crippen molar-refractivity contribution in [1.29, 1.82) is 5.26 Å². The second kappa shape index (κ2) is 9.32. The molecule has 4 rings (SSSR count). The maximum absolute atomic E-state index is 11.3. The third-order valence-electron chi connectivity index (χ3n) is 6.04. The summed E-state index contributed by atoms with van der Waals surface area (Å²) in [6.45, 7) is 5.40. The zero-order valence-corrected chi connectivity index (χ0v) is 18.4. The maximum Gasteiger partial charge on any atom is 0.220 e. The van der Waals surface area contributed by atoms with E-state index in [1.807, 2.05) is 31.2 Å². The summed E-state index contributed by atoms with van der Waals surface area (Å²) in [4.78, 5) is 18.1. The van der Waals surface area contributed by atoms with Crippen LogP contribution in [0.4, 0.5) is 0 Å². The predicted molar refractivity (Wildman–Crippen MR) is 120 cm³/mol. The van der Waals surface area contributed by atoms with E-state index in [-0.39, 0.29) is 17.5 Å². The average molecular weight is 434 g/mol. The van der Waals surface area contributed by atoms with Gasteiger partial charge < -0.3 is 15.4 Å². The molecule has 3 heterocycles. The number of primary amides is 1. The van der Waals surface area contributed by atoms with Gasteiger partial charge in [-0.15, -0.1) is 5.10 Å². The molecule has 0 spiro atoms. The first-order valence-corrected chi connectivity index (χ1v) is 10.8. The lowest BCUT2D eigenvalue weighted by molar-refractivity contribution is -0.123. The molecule has 1 amide bonds. The molecule has 9 heteroatoms. The molecule has 2 N–H and O–H groups in total. The fraction of sp³-hybridized carbons (Fsp3) is 0.435. The molecule has 1 fully saturated rings. The Balaban J connectivity index is 1.36. The third-order valence-corrected chi connectivity index (χ3v) is 6.04. The number of aryl methyl sites for hydroxylation is 2. The number of carbonyl (C=O) groups is 1. The fourth-order valence-corrected chi connectivity index (χ4v) is 4.14. The van der Waals surface area contributed by atoms with Crippen LogP contribution in [0.15, 0.2) is 24.3 Å². The van der Waals surface area contributed by atoms with Gasteiger partial charge in [-0.05, 0) is 69.1 Å². The van der Waals surface area contributed by atoms with Gasteiger partial charge in [0.1, 0.15) is 17.3 Å². The zero-order chi connectivity index (χ0) is 22.7. The van der Waals surface area contributed by atoms with Gasteiger partial charge in [0.25, 0.3) is 0 Å². The Morgan fingerprint density at radius 3 is 2.78 bits per heavy atom. The highest BCUT2D eigenvalue weighted by atomic mass is 16.5. The molecule has 1 aliphatic heterocycles. The van der Waals surface area contributed by atoms with Crippen LogP contribution in [0.2, 0.25) is 0 Å². The van der Waals surface area contributed by atoms with Gasteiger partial charge in [-0.3, -0.25) is 4.79 Å². The van der Waals surface area contributed by atoms with Gasteiger partial charge >= 0.3 is 0 Å². The number of nitriles is 1. The first-order valence-electron chi connectivity index (χ1n) is 10.8. The number of ether oxygens (including phenoxy) is 1. The molecule has 0 bridgehead atoms. The summed E-state index contributed by atoms with van der Waals surface area (Å²) in [5.41, 5.74) is 9.56. The maximum atomic E-state index is 11.3. The van der Waals surface area contributed by atoms with E-state index in [1.54, 1.807) is 11.7 Å². The van der Waals surface area contributed by atoms with Crippen molar-refractivity contribution in [3.05, 3.63) is 35.5 Å². The van der Waals surface area contributed by atoms with Crippen molar-refractivity contribution in [3.8, 4) is 23.1 Å². The van der Waals surface area contributed by atoms with Crippen LogP contribution >= 0.6 is 0 Å². The largest absolute Gasteiger partial charge is 0.493 e. The topological polar surface area (TPSA) is 123 Å². The minimum atomic E-state index is -0.178. The van der Waals surface area contributed by atoms with Crippen molar-refractivity contribution >= 4 is 16.9 Å². The Morgan fingerprint density at radius 1 is 1.31 bits per heavy atom. The molecule has 3 aromatic rings. The fourth-order valence-electron chi connectivity index (χ4n) is 4.14. The highest BCUT2D eigenvalue weighted by molar-refractivity contribution is 5.83. The van der Waals surface area contributed by atoms with E-state index in [2.05, 4.69) is 26.3 Å². The van der Waals surface area contributed by atoms with Crippen molar-refractivity contribution in [3.63, 3.8) is 0 Å². The third kappa shape index (κ3) is 4.55. The number of nitrogens with two attached hydrogens (primary N) is 1. The molecule has 0 unspecified atom stereocenters. The van der Waals surface area contributed by atoms with Gasteiger partial charge in [0.15, 0.2) is 5.69 Å². The number of aromatic nitrogens is 4. The molecule has 1 saturated heterocycles. The first kappa shape index (κ1) is 21.7. The van der Waals surface area contributed by atoms with E-state index >= 15 is 0 Å². The van der Waals surface area contributed by atoms with Crippen LogP contribution in [-0.2, 0) is 11.8 Å². The summed E-state index contributed by atoms with van der Waals surface area (Å²) < 4.78 is 7.64. The zero-order valence-electron chi connectivity index (χ0n) is 18.4. The van der Waals surface area contributed by atoms with Crippen molar-refractivity contribution in [2.24, 2.45) is 18.7 Å². The molecule has 0 radical (unpaired) electrons. The SMILES string of the molecule is Cc1cc(-c2cc3c(nnn3C)c(C#N)n2)ccc1OCCCN1CCC(C(N)=O)CC1. The van der Waals surface area contributed by atoms with Gasteiger partial charge in [0, 0.05) is 25.1 Å². The van der Waals surface area contributed by atoms with Crippen LogP contribution in [0.1, 0.15) is 30.5 Å². The number of piperidine rings is 1. The van der Waals surface area contributed by atoms with Crippen molar-refractivity contribution in [1.82, 2.24) is 24.9 Å². The summed E-state index contributed by atoms with van der Waals surface area (Å²) in [6, 6.07) is 9.92. The Bertz CT molecular complexity index is 1170. The Morgan fingerprint density at radius 2 is 2.09 bits per heavy atom. The van der Waals surface area contributed by atoms with E-state index in [1.165, 1.54) is 0 Å². The van der Waals surface area contributed by atoms with E-state index in [0.717, 1.165) is 61.3 Å². The molecule has 9 nitrogen and oxygen atoms in total. The standard InChI is InChI=1S/C23H27N7O2/c1-15-12-17(18-13-20-22(19(14-24)26-18)27-28-29(20)2)4-5-21(15)32-11-3-8-30-9-6-16(7-10-30)23(25)31/h4-5,12-13,16H,3,6-11H2,1-2H3,(H2,25,31). The van der Waals surface area contributed by atoms with Gasteiger partial charge in [-0.25, -0.2) is 9.67 Å². The highest BCUT2D eigenvalue weighted by Crippen LogP contribution is 2.28. The second-order valence-electron chi connectivity index (χ2n) is 8.25. The number of amides is 1. The number of fused-ring (bicyclic) bond motifs is 1. The van der Waals surface area contributed by atoms with E-state index in [9.17, 15) is 10.1 Å². The van der Waals surface area contributed by atoms with Gasteiger partial charge in [-0.1, -0.05) is 5.21 Å². The van der Waals surface area contributed by atoms with Crippen molar-refractivity contribution in [2.75, 3.05) is 26.2 Å². The molecule has 1 aliphatic rings. The monoisotopic (exact) mass is 433 g/mol. The lowest BCUT2D eigenvalue weighted by Gasteiger charge is -2.30. The van der Waals surface area contributed by atoms with E-state index in [4.69, 9.17) is 10.5 Å². The predicted octanol–water partition coefficient (Wildman–Crippen LogP) is 2.18. The van der Waals surface area contributed by atoms with Crippen LogP contribution < -0.4 is 10.5 Å². The molecule has 166 valence electrons. The minimum absolute atomic E-state index is 0.0252. The Hall–Kier alpha value is -3.51. The van der Waals surface area contributed by atoms with Crippen LogP contribution in [0.5, 0.6) is 5.75 Å². The average Bonchev–Trinajstić information content (AvgIpc) is 3.18. The number of nitrogens with zero attached hydrogens (tertiary/aromatic N) is 6. The van der Waals surface area contributed by atoms with Gasteiger partial charge in [0.2, 0.25) is 5.91 Å². The molecule has 0 atom stereocenters. The van der Waals surface area contributed by atoms with Gasteiger partial charge in [-0.2, -0.15) is 5.26 Å². The Kier molecular flexibility index (Phi) is 6.32. The second-order valence-corrected chi connectivity index (χ2v) is 8.25. The molecular weight excluding hydrogens is 406 g/mol. The number of hydrogen-bond acceptors (Lipinski definition) is 7. The molecule has 0 aliphatic carbocycles. The number of hydrogen-bond donors (Lipinski definition) is 1. The number of likely N-dealkylation sites (tertiary alicyclic amines) is 1. The first-order chi connectivity index (χ1) is 15.5. The normalized spacial score (nSPS) is 15.0. The number of carbonyl (C=O) groups excluding carboxylic acids is 1. The lowest BCUT2D eigenvalue weighted by atomic mass is 9.96. The molecular formula is C23H27N7O2. The van der Waals surface area contributed by atoms with Crippen LogP contribution in [0.3, 0.4) is 0 Å². The van der Waals surface area contributed by atoms with Crippen LogP contribution in [0.25, 0.3) is 22.3 Å². The minimum Gasteiger partial charge on any atom is -0.493 e. The van der Waals surface area contributed by atoms with Gasteiger partial charge in [0.05, 0.1) is 17.8 Å². The number of rotatable bonds is 7. The molecule has 1 aromatic carbocycles. The number of pyridine rings is 1. The van der Waals surface area contributed by atoms with E-state index in [0.29, 0.717) is 17.8 Å². The quantitative estimate of drug-likeness (QED) is 0.567. The van der Waals surface area contributed by atoms with E-state index < -0.39 is 0 Å². The van der Waals surface area contributed by atoms with Crippen molar-refractivity contribution < 1.29 is 9.53 Å². The Labute approximate surface area is 186 Å². The number of benzene rings is 1. The molecule has 32 heavy (non-hydrogen) atoms. The summed E-state index contributed by atoms with van der Waals surface area (Å²) >= 11 is 0. The lowest BCUT2D eigenvalue weighted by Crippen LogP contribution is -2.39. The summed E-state index contributed by atoms with van der Waals surface area (Å²) in [5.74, 6) is 0.685. The van der Waals surface area contributed by atoms with Crippen LogP contribution in [-0.4, -0.2) is 57.0 Å². The van der Waals surface area contributed by atoms with Crippen molar-refractivity contribution in [2.45, 2.75) is 26.2 Å². The smallest absolute Gasteiger partial charge is 0.220 e. The summed E-state index contributed by atoms with van der Waals surface area (Å²) in [5, 5.41) is 17.4. The highest BCUT2D eigenvalue weighted by Gasteiger charge is 2.22. The summed E-state index contributed by atoms with van der Waals surface area (Å²) in [6.07, 6.45) is 2.61. The molecule has 0 saturated carbocycles. The molecule has 2 aromatic heterocycles. The van der Waals surface area contributed by atoms with Crippen LogP contribution in [0, 0.1) is 24.2 Å².